The zero-order chi connectivity index (χ0) is 12.6. The molecular formula is C11H6Cl2N2O2. The summed E-state index contributed by atoms with van der Waals surface area (Å²) in [6.45, 7) is 3.56. The molecule has 0 spiro atoms. The van der Waals surface area contributed by atoms with Crippen molar-refractivity contribution in [2.45, 2.75) is 0 Å². The number of hydrogen-bond donors (Lipinski definition) is 0. The van der Waals surface area contributed by atoms with Crippen LogP contribution in [0.5, 0.6) is 0 Å². The number of nitro benzene ring substituents is 1. The Kier molecular flexibility index (Phi) is 3.00. The van der Waals surface area contributed by atoms with E-state index < -0.39 is 4.92 Å². The minimum absolute atomic E-state index is 0.0267. The number of nitro groups is 1. The van der Waals surface area contributed by atoms with Gasteiger partial charge in [-0.2, -0.15) is 0 Å². The van der Waals surface area contributed by atoms with Crippen LogP contribution in [0.15, 0.2) is 24.8 Å². The second kappa shape index (κ2) is 4.31. The maximum atomic E-state index is 11.0. The third-order valence-corrected chi connectivity index (χ3v) is 2.87. The lowest BCUT2D eigenvalue weighted by Crippen LogP contribution is -1.94. The van der Waals surface area contributed by atoms with Crippen LogP contribution in [-0.4, -0.2) is 9.91 Å². The molecule has 1 heterocycles. The summed E-state index contributed by atoms with van der Waals surface area (Å²) in [6.07, 6.45) is 1.50. The molecule has 0 fully saturated rings. The van der Waals surface area contributed by atoms with Crippen LogP contribution < -0.4 is 0 Å². The average molecular weight is 269 g/mol. The lowest BCUT2D eigenvalue weighted by atomic mass is 10.1. The lowest BCUT2D eigenvalue weighted by Gasteiger charge is -2.04. The Morgan fingerprint density at radius 1 is 1.35 bits per heavy atom. The second-order valence-electron chi connectivity index (χ2n) is 3.28. The van der Waals surface area contributed by atoms with Gasteiger partial charge < -0.3 is 0 Å². The van der Waals surface area contributed by atoms with Crippen LogP contribution >= 0.6 is 23.2 Å². The Balaban J connectivity index is 2.95. The van der Waals surface area contributed by atoms with Gasteiger partial charge in [0.05, 0.1) is 15.6 Å². The molecule has 2 rings (SSSR count). The third-order valence-electron chi connectivity index (χ3n) is 2.27. The molecule has 0 aliphatic rings. The highest BCUT2D eigenvalue weighted by Gasteiger charge is 2.21. The molecule has 0 N–H and O–H groups in total. The molecule has 0 aliphatic heterocycles. The molecule has 6 heteroatoms. The fourth-order valence-corrected chi connectivity index (χ4v) is 2.09. The highest BCUT2D eigenvalue weighted by molar-refractivity contribution is 6.40. The summed E-state index contributed by atoms with van der Waals surface area (Å²) in [7, 11) is 0. The fourth-order valence-electron chi connectivity index (χ4n) is 1.51. The Hall–Kier alpha value is -1.65. The number of nitrogens with zero attached hydrogens (tertiary/aromatic N) is 2. The van der Waals surface area contributed by atoms with Crippen LogP contribution in [0, 0.1) is 10.1 Å². The smallest absolute Gasteiger partial charge is 0.258 e. The predicted octanol–water partition coefficient (Wildman–Crippen LogP) is 4.09. The highest BCUT2D eigenvalue weighted by atomic mass is 35.5. The minimum Gasteiger partial charge on any atom is -0.258 e. The quantitative estimate of drug-likeness (QED) is 0.609. The second-order valence-corrected chi connectivity index (χ2v) is 4.10. The number of halogens is 2. The molecule has 0 bridgehead atoms. The molecule has 0 unspecified atom stereocenters. The first-order valence-electron chi connectivity index (χ1n) is 4.60. The molecule has 1 aromatic carbocycles. The Labute approximate surface area is 107 Å². The van der Waals surface area contributed by atoms with E-state index in [0.717, 1.165) is 0 Å². The molecule has 0 aliphatic carbocycles. The lowest BCUT2D eigenvalue weighted by molar-refractivity contribution is -0.383. The number of fused-ring (bicyclic) bond motifs is 1. The van der Waals surface area contributed by atoms with Gasteiger partial charge in [-0.3, -0.25) is 10.1 Å². The Morgan fingerprint density at radius 3 is 2.65 bits per heavy atom. The zero-order valence-electron chi connectivity index (χ0n) is 8.48. The van der Waals surface area contributed by atoms with Crippen molar-refractivity contribution in [3.63, 3.8) is 0 Å². The molecule has 0 atom stereocenters. The third kappa shape index (κ3) is 1.97. The first-order chi connectivity index (χ1) is 8.04. The van der Waals surface area contributed by atoms with Crippen molar-refractivity contribution >= 4 is 45.9 Å². The summed E-state index contributed by atoms with van der Waals surface area (Å²) in [4.78, 5) is 14.5. The van der Waals surface area contributed by atoms with Gasteiger partial charge in [-0.1, -0.05) is 29.8 Å². The summed E-state index contributed by atoms with van der Waals surface area (Å²) in [5.41, 5.74) is 0.457. The topological polar surface area (TPSA) is 56.0 Å². The molecule has 1 aromatic heterocycles. The standard InChI is InChI=1S/C11H6Cl2N2O2/c1-2-6-3-4-7-8(12)5-9(13)11(15(16)17)10(7)14-6/h2-5H,1H2. The summed E-state index contributed by atoms with van der Waals surface area (Å²) in [5, 5.41) is 11.8. The number of hydrogen-bond acceptors (Lipinski definition) is 3. The van der Waals surface area contributed by atoms with Crippen LogP contribution in [0.25, 0.3) is 17.0 Å². The van der Waals surface area contributed by atoms with Gasteiger partial charge in [-0.15, -0.1) is 0 Å². The highest BCUT2D eigenvalue weighted by Crippen LogP contribution is 2.36. The van der Waals surface area contributed by atoms with E-state index >= 15 is 0 Å². The van der Waals surface area contributed by atoms with Crippen LogP contribution in [-0.2, 0) is 0 Å². The maximum Gasteiger partial charge on any atom is 0.313 e. The van der Waals surface area contributed by atoms with Gasteiger partial charge in [0.1, 0.15) is 5.02 Å². The summed E-state index contributed by atoms with van der Waals surface area (Å²) >= 11 is 11.8. The van der Waals surface area contributed by atoms with E-state index in [-0.39, 0.29) is 16.2 Å². The van der Waals surface area contributed by atoms with Gasteiger partial charge in [0.15, 0.2) is 5.52 Å². The van der Waals surface area contributed by atoms with E-state index in [1.807, 2.05) is 0 Å². The van der Waals surface area contributed by atoms with E-state index in [0.29, 0.717) is 16.1 Å². The van der Waals surface area contributed by atoms with Crippen molar-refractivity contribution in [1.82, 2.24) is 4.98 Å². The molecule has 0 saturated heterocycles. The van der Waals surface area contributed by atoms with Crippen molar-refractivity contribution in [1.29, 1.82) is 0 Å². The molecule has 0 saturated carbocycles. The molecule has 17 heavy (non-hydrogen) atoms. The van der Waals surface area contributed by atoms with Gasteiger partial charge >= 0.3 is 5.69 Å². The van der Waals surface area contributed by atoms with E-state index in [1.54, 1.807) is 12.1 Å². The molecule has 86 valence electrons. The molecule has 2 aromatic rings. The first kappa shape index (κ1) is 11.8. The number of rotatable bonds is 2. The van der Waals surface area contributed by atoms with Crippen LogP contribution in [0.1, 0.15) is 5.69 Å². The molecular weight excluding hydrogens is 263 g/mol. The van der Waals surface area contributed by atoms with Gasteiger partial charge in [0.25, 0.3) is 0 Å². The summed E-state index contributed by atoms with van der Waals surface area (Å²) < 4.78 is 0. The van der Waals surface area contributed by atoms with E-state index in [9.17, 15) is 10.1 Å². The summed E-state index contributed by atoms with van der Waals surface area (Å²) in [6, 6.07) is 4.68. The van der Waals surface area contributed by atoms with Gasteiger partial charge in [-0.25, -0.2) is 4.98 Å². The van der Waals surface area contributed by atoms with E-state index in [4.69, 9.17) is 23.2 Å². The van der Waals surface area contributed by atoms with Gasteiger partial charge in [0.2, 0.25) is 0 Å². The number of aromatic nitrogens is 1. The molecule has 0 amide bonds. The van der Waals surface area contributed by atoms with E-state index in [1.165, 1.54) is 12.1 Å². The Morgan fingerprint density at radius 2 is 2.06 bits per heavy atom. The van der Waals surface area contributed by atoms with Crippen molar-refractivity contribution in [2.75, 3.05) is 0 Å². The van der Waals surface area contributed by atoms with Crippen LogP contribution in [0.2, 0.25) is 10.0 Å². The van der Waals surface area contributed by atoms with Crippen molar-refractivity contribution in [3.05, 3.63) is 50.6 Å². The molecule has 0 radical (unpaired) electrons. The largest absolute Gasteiger partial charge is 0.313 e. The summed E-state index contributed by atoms with van der Waals surface area (Å²) in [5.74, 6) is 0. The van der Waals surface area contributed by atoms with Gasteiger partial charge in [0, 0.05) is 5.39 Å². The van der Waals surface area contributed by atoms with Crippen LogP contribution in [0.3, 0.4) is 0 Å². The fraction of sp³-hybridized carbons (Fsp3) is 0. The predicted molar refractivity (Wildman–Crippen MR) is 68.5 cm³/mol. The van der Waals surface area contributed by atoms with Crippen LogP contribution in [0.4, 0.5) is 5.69 Å². The first-order valence-corrected chi connectivity index (χ1v) is 5.35. The monoisotopic (exact) mass is 268 g/mol. The average Bonchev–Trinajstić information content (AvgIpc) is 2.27. The Bertz CT molecular complexity index is 641. The van der Waals surface area contributed by atoms with Gasteiger partial charge in [-0.05, 0) is 24.3 Å². The minimum atomic E-state index is -0.569. The maximum absolute atomic E-state index is 11.0. The van der Waals surface area contributed by atoms with Crippen molar-refractivity contribution < 1.29 is 4.92 Å². The number of benzene rings is 1. The van der Waals surface area contributed by atoms with Crippen molar-refractivity contribution in [2.24, 2.45) is 0 Å². The normalized spacial score (nSPS) is 10.5. The zero-order valence-corrected chi connectivity index (χ0v) is 10.00. The SMILES string of the molecule is C=Cc1ccc2c(Cl)cc(Cl)c([N+](=O)[O-])c2n1. The van der Waals surface area contributed by atoms with E-state index in [2.05, 4.69) is 11.6 Å². The molecule has 4 nitrogen and oxygen atoms in total. The van der Waals surface area contributed by atoms with Crippen molar-refractivity contribution in [3.8, 4) is 0 Å². The number of pyridine rings is 1.